The molecule has 5 atom stereocenters. The SMILES string of the molecule is O=C(N[C@@H]1CCCC[C@@H]1C(=O)N1CCC2C(c3cc[nH]c3)Nc3ccccc3C21)c1ccccc1. The molecule has 2 aromatic carbocycles. The zero-order valence-electron chi connectivity index (χ0n) is 19.8. The number of likely N-dealkylation sites (tertiary alicyclic amines) is 1. The first-order chi connectivity index (χ1) is 17.2. The van der Waals surface area contributed by atoms with Crippen molar-refractivity contribution in [1.29, 1.82) is 0 Å². The standard InChI is InChI=1S/C29H32N4O2/c34-28(19-8-2-1-3-9-19)32-25-13-7-5-11-22(25)29(35)33-17-15-23-26(20-14-16-30-18-20)31-24-12-6-4-10-21(24)27(23)33/h1-4,6,8-10,12,14,16,18,22-23,25-27,30-31H,5,7,11,13,15,17H2,(H,32,34)/t22-,23?,25+,26?,27?/m0/s1. The molecule has 3 heterocycles. The van der Waals surface area contributed by atoms with Gasteiger partial charge < -0.3 is 20.5 Å². The average molecular weight is 469 g/mol. The van der Waals surface area contributed by atoms with Crippen LogP contribution in [-0.2, 0) is 4.79 Å². The summed E-state index contributed by atoms with van der Waals surface area (Å²) >= 11 is 0. The first-order valence-corrected chi connectivity index (χ1v) is 12.9. The summed E-state index contributed by atoms with van der Waals surface area (Å²) in [7, 11) is 0. The van der Waals surface area contributed by atoms with Gasteiger partial charge in [0.1, 0.15) is 0 Å². The summed E-state index contributed by atoms with van der Waals surface area (Å²) < 4.78 is 0. The van der Waals surface area contributed by atoms with Gasteiger partial charge in [0.15, 0.2) is 0 Å². The van der Waals surface area contributed by atoms with Crippen molar-refractivity contribution in [2.45, 2.75) is 50.2 Å². The molecule has 1 saturated heterocycles. The fraction of sp³-hybridized carbons (Fsp3) is 0.379. The van der Waals surface area contributed by atoms with E-state index in [0.29, 0.717) is 11.5 Å². The van der Waals surface area contributed by atoms with Crippen LogP contribution in [0.2, 0.25) is 0 Å². The molecule has 6 rings (SSSR count). The number of amides is 2. The van der Waals surface area contributed by atoms with E-state index in [1.165, 1.54) is 11.1 Å². The molecule has 3 unspecified atom stereocenters. The highest BCUT2D eigenvalue weighted by Gasteiger charge is 2.48. The minimum Gasteiger partial charge on any atom is -0.378 e. The molecule has 3 aromatic rings. The highest BCUT2D eigenvalue weighted by molar-refractivity contribution is 5.94. The van der Waals surface area contributed by atoms with E-state index in [-0.39, 0.29) is 35.9 Å². The zero-order chi connectivity index (χ0) is 23.8. The molecule has 2 aliphatic heterocycles. The van der Waals surface area contributed by atoms with E-state index in [1.807, 2.05) is 36.5 Å². The minimum absolute atomic E-state index is 0.0484. The van der Waals surface area contributed by atoms with Gasteiger partial charge in [0, 0.05) is 42.1 Å². The molecule has 180 valence electrons. The Morgan fingerprint density at radius 1 is 0.914 bits per heavy atom. The van der Waals surface area contributed by atoms with Crippen LogP contribution in [0.25, 0.3) is 0 Å². The summed E-state index contributed by atoms with van der Waals surface area (Å²) in [6, 6.07) is 19.9. The van der Waals surface area contributed by atoms with Gasteiger partial charge in [-0.2, -0.15) is 0 Å². The molecular weight excluding hydrogens is 436 g/mol. The Bertz CT molecular complexity index is 1190. The van der Waals surface area contributed by atoms with Crippen LogP contribution in [-0.4, -0.2) is 34.3 Å². The lowest BCUT2D eigenvalue weighted by atomic mass is 9.79. The van der Waals surface area contributed by atoms with Crippen LogP contribution < -0.4 is 10.6 Å². The van der Waals surface area contributed by atoms with E-state index in [9.17, 15) is 9.59 Å². The molecule has 0 spiro atoms. The lowest BCUT2D eigenvalue weighted by Gasteiger charge is -2.41. The average Bonchev–Trinajstić information content (AvgIpc) is 3.60. The van der Waals surface area contributed by atoms with Crippen molar-refractivity contribution in [1.82, 2.24) is 15.2 Å². The third-order valence-electron chi connectivity index (χ3n) is 8.16. The highest BCUT2D eigenvalue weighted by atomic mass is 16.2. The Labute approximate surface area is 206 Å². The number of rotatable bonds is 4. The summed E-state index contributed by atoms with van der Waals surface area (Å²) in [5, 5.41) is 6.96. The van der Waals surface area contributed by atoms with Crippen molar-refractivity contribution in [2.75, 3.05) is 11.9 Å². The van der Waals surface area contributed by atoms with Crippen molar-refractivity contribution in [3.63, 3.8) is 0 Å². The zero-order valence-corrected chi connectivity index (χ0v) is 19.8. The number of anilines is 1. The summed E-state index contributed by atoms with van der Waals surface area (Å²) in [5.41, 5.74) is 4.19. The summed E-state index contributed by atoms with van der Waals surface area (Å²) in [6.07, 6.45) is 8.73. The van der Waals surface area contributed by atoms with Crippen molar-refractivity contribution in [3.05, 3.63) is 89.7 Å². The van der Waals surface area contributed by atoms with Crippen molar-refractivity contribution in [3.8, 4) is 0 Å². The molecule has 6 nitrogen and oxygen atoms in total. The number of hydrogen-bond donors (Lipinski definition) is 3. The van der Waals surface area contributed by atoms with Crippen LogP contribution in [0.1, 0.15) is 65.7 Å². The summed E-state index contributed by atoms with van der Waals surface area (Å²) in [6.45, 7) is 0.751. The Hall–Kier alpha value is -3.54. The number of para-hydroxylation sites is 1. The van der Waals surface area contributed by atoms with Crippen LogP contribution in [0.5, 0.6) is 0 Å². The van der Waals surface area contributed by atoms with Crippen molar-refractivity contribution < 1.29 is 9.59 Å². The van der Waals surface area contributed by atoms with Crippen LogP contribution in [0, 0.1) is 11.8 Å². The van der Waals surface area contributed by atoms with E-state index in [4.69, 9.17) is 0 Å². The molecule has 3 N–H and O–H groups in total. The first-order valence-electron chi connectivity index (χ1n) is 12.9. The fourth-order valence-electron chi connectivity index (χ4n) is 6.49. The molecule has 0 bridgehead atoms. The molecular formula is C29H32N4O2. The van der Waals surface area contributed by atoms with Gasteiger partial charge in [-0.05, 0) is 54.7 Å². The molecule has 6 heteroatoms. The van der Waals surface area contributed by atoms with Crippen LogP contribution in [0.3, 0.4) is 0 Å². The number of carbonyl (C=O) groups is 2. The Morgan fingerprint density at radius 3 is 2.54 bits per heavy atom. The first kappa shape index (κ1) is 22.0. The molecule has 0 radical (unpaired) electrons. The number of aromatic nitrogens is 1. The molecule has 1 aliphatic carbocycles. The smallest absolute Gasteiger partial charge is 0.251 e. The Balaban J connectivity index is 1.27. The predicted octanol–water partition coefficient (Wildman–Crippen LogP) is 5.06. The Morgan fingerprint density at radius 2 is 1.71 bits per heavy atom. The Kier molecular flexibility index (Phi) is 5.80. The quantitative estimate of drug-likeness (QED) is 0.501. The number of nitrogens with one attached hydrogen (secondary N) is 3. The number of aromatic amines is 1. The van der Waals surface area contributed by atoms with E-state index < -0.39 is 0 Å². The number of hydrogen-bond acceptors (Lipinski definition) is 3. The number of H-pyrrole nitrogens is 1. The fourth-order valence-corrected chi connectivity index (χ4v) is 6.49. The number of nitrogens with zero attached hydrogens (tertiary/aromatic N) is 1. The molecule has 1 aromatic heterocycles. The van der Waals surface area contributed by atoms with Gasteiger partial charge in [-0.25, -0.2) is 0 Å². The molecule has 35 heavy (non-hydrogen) atoms. The van der Waals surface area contributed by atoms with E-state index in [1.54, 1.807) is 0 Å². The van der Waals surface area contributed by atoms with Crippen LogP contribution in [0.4, 0.5) is 5.69 Å². The second-order valence-corrected chi connectivity index (χ2v) is 10.1. The summed E-state index contributed by atoms with van der Waals surface area (Å²) in [4.78, 5) is 32.4. The van der Waals surface area contributed by atoms with E-state index in [0.717, 1.165) is 44.3 Å². The van der Waals surface area contributed by atoms with Gasteiger partial charge in [0.05, 0.1) is 18.0 Å². The van der Waals surface area contributed by atoms with Crippen LogP contribution >= 0.6 is 0 Å². The molecule has 2 fully saturated rings. The third kappa shape index (κ3) is 4.01. The molecule has 2 amide bonds. The third-order valence-corrected chi connectivity index (χ3v) is 8.16. The lowest BCUT2D eigenvalue weighted by Crippen LogP contribution is -2.50. The van der Waals surface area contributed by atoms with Crippen LogP contribution in [0.15, 0.2) is 73.1 Å². The van der Waals surface area contributed by atoms with E-state index in [2.05, 4.69) is 57.0 Å². The van der Waals surface area contributed by atoms with Gasteiger partial charge in [-0.3, -0.25) is 9.59 Å². The normalized spacial score (nSPS) is 27.4. The van der Waals surface area contributed by atoms with Gasteiger partial charge in [0.2, 0.25) is 5.91 Å². The molecule has 3 aliphatic rings. The predicted molar refractivity (Wildman–Crippen MR) is 136 cm³/mol. The van der Waals surface area contributed by atoms with E-state index >= 15 is 0 Å². The van der Waals surface area contributed by atoms with Crippen molar-refractivity contribution >= 4 is 17.5 Å². The number of benzene rings is 2. The monoisotopic (exact) mass is 468 g/mol. The highest BCUT2D eigenvalue weighted by Crippen LogP contribution is 2.51. The van der Waals surface area contributed by atoms with Crippen molar-refractivity contribution in [2.24, 2.45) is 11.8 Å². The van der Waals surface area contributed by atoms with Gasteiger partial charge >= 0.3 is 0 Å². The topological polar surface area (TPSA) is 77.2 Å². The lowest BCUT2D eigenvalue weighted by molar-refractivity contribution is -0.138. The largest absolute Gasteiger partial charge is 0.378 e. The van der Waals surface area contributed by atoms with Gasteiger partial charge in [-0.1, -0.05) is 49.2 Å². The summed E-state index contributed by atoms with van der Waals surface area (Å²) in [5.74, 6) is 0.239. The van der Waals surface area contributed by atoms with Gasteiger partial charge in [-0.15, -0.1) is 0 Å². The number of fused-ring (bicyclic) bond motifs is 3. The maximum atomic E-state index is 14.1. The molecule has 1 saturated carbocycles. The second-order valence-electron chi connectivity index (χ2n) is 10.1. The number of carbonyl (C=O) groups excluding carboxylic acids is 2. The minimum atomic E-state index is -0.178. The maximum absolute atomic E-state index is 14.1. The maximum Gasteiger partial charge on any atom is 0.251 e. The van der Waals surface area contributed by atoms with Gasteiger partial charge in [0.25, 0.3) is 5.91 Å². The second kappa shape index (κ2) is 9.25.